The van der Waals surface area contributed by atoms with Crippen LogP contribution in [0.15, 0.2) is 88.4 Å². The molecule has 0 radical (unpaired) electrons. The number of aromatic nitrogens is 1. The summed E-state index contributed by atoms with van der Waals surface area (Å²) in [4.78, 5) is 4.45. The van der Waals surface area contributed by atoms with E-state index in [0.717, 1.165) is 10.0 Å². The highest BCUT2D eigenvalue weighted by molar-refractivity contribution is 9.10. The maximum atomic E-state index is 13.1. The van der Waals surface area contributed by atoms with Gasteiger partial charge in [0.25, 0.3) is 10.0 Å². The maximum Gasteiger partial charge on any atom is 0.265 e. The lowest BCUT2D eigenvalue weighted by Gasteiger charge is -2.23. The Labute approximate surface area is 150 Å². The first-order chi connectivity index (χ1) is 11.6. The molecule has 1 heterocycles. The molecule has 24 heavy (non-hydrogen) atoms. The Morgan fingerprint density at radius 2 is 1.54 bits per heavy atom. The molecule has 0 bridgehead atoms. The third-order valence-corrected chi connectivity index (χ3v) is 5.77. The summed E-state index contributed by atoms with van der Waals surface area (Å²) in [6.45, 7) is 0.219. The van der Waals surface area contributed by atoms with Gasteiger partial charge in [-0.2, -0.15) is 0 Å². The third kappa shape index (κ3) is 3.66. The standard InChI is InChI=1S/C18H15BrN2O2S/c19-16-9-11-17(12-10-16)24(22,23)21(18-8-4-5-13-20-18)14-15-6-2-1-3-7-15/h1-13H,14H2. The second-order valence-electron chi connectivity index (χ2n) is 5.14. The SMILES string of the molecule is O=S(=O)(c1ccc(Br)cc1)N(Cc1ccccc1)c1ccccn1. The van der Waals surface area contributed by atoms with Gasteiger partial charge in [0.1, 0.15) is 5.82 Å². The lowest BCUT2D eigenvalue weighted by Crippen LogP contribution is -2.31. The Morgan fingerprint density at radius 3 is 2.17 bits per heavy atom. The quantitative estimate of drug-likeness (QED) is 0.641. The van der Waals surface area contributed by atoms with Crippen LogP contribution in [0.3, 0.4) is 0 Å². The molecular weight excluding hydrogens is 388 g/mol. The van der Waals surface area contributed by atoms with Crippen molar-refractivity contribution in [3.63, 3.8) is 0 Å². The summed E-state index contributed by atoms with van der Waals surface area (Å²) in [5, 5.41) is 0. The number of nitrogens with zero attached hydrogens (tertiary/aromatic N) is 2. The average Bonchev–Trinajstić information content (AvgIpc) is 2.61. The zero-order valence-corrected chi connectivity index (χ0v) is 15.1. The molecule has 0 saturated heterocycles. The number of anilines is 1. The fraction of sp³-hybridized carbons (Fsp3) is 0.0556. The minimum Gasteiger partial charge on any atom is -0.245 e. The number of pyridine rings is 1. The molecular formula is C18H15BrN2O2S. The Kier molecular flexibility index (Phi) is 4.97. The Hall–Kier alpha value is -2.18. The van der Waals surface area contributed by atoms with Gasteiger partial charge in [0.15, 0.2) is 0 Å². The van der Waals surface area contributed by atoms with Crippen LogP contribution in [0, 0.1) is 0 Å². The molecule has 1 aromatic heterocycles. The first-order valence-electron chi connectivity index (χ1n) is 7.30. The van der Waals surface area contributed by atoms with Crippen molar-refractivity contribution in [3.8, 4) is 0 Å². The molecule has 0 aliphatic heterocycles. The number of sulfonamides is 1. The molecule has 6 heteroatoms. The van der Waals surface area contributed by atoms with Crippen molar-refractivity contribution in [2.45, 2.75) is 11.4 Å². The van der Waals surface area contributed by atoms with Gasteiger partial charge in [0.05, 0.1) is 11.4 Å². The molecule has 4 nitrogen and oxygen atoms in total. The number of hydrogen-bond donors (Lipinski definition) is 0. The lowest BCUT2D eigenvalue weighted by atomic mass is 10.2. The van der Waals surface area contributed by atoms with Crippen LogP contribution in [0.1, 0.15) is 5.56 Å². The molecule has 0 amide bonds. The van der Waals surface area contributed by atoms with Crippen LogP contribution in [-0.4, -0.2) is 13.4 Å². The Bertz CT molecular complexity index is 899. The van der Waals surface area contributed by atoms with Crippen LogP contribution in [-0.2, 0) is 16.6 Å². The van der Waals surface area contributed by atoms with Crippen LogP contribution in [0.2, 0.25) is 0 Å². The molecule has 0 fully saturated rings. The minimum absolute atomic E-state index is 0.219. The van der Waals surface area contributed by atoms with Gasteiger partial charge in [-0.25, -0.2) is 17.7 Å². The normalized spacial score (nSPS) is 11.2. The van der Waals surface area contributed by atoms with Gasteiger partial charge < -0.3 is 0 Å². The van der Waals surface area contributed by atoms with Crippen LogP contribution < -0.4 is 4.31 Å². The Balaban J connectivity index is 2.05. The smallest absolute Gasteiger partial charge is 0.245 e. The van der Waals surface area contributed by atoms with Crippen LogP contribution in [0.25, 0.3) is 0 Å². The van der Waals surface area contributed by atoms with Crippen molar-refractivity contribution in [3.05, 3.63) is 89.0 Å². The van der Waals surface area contributed by atoms with E-state index in [1.54, 1.807) is 48.7 Å². The third-order valence-electron chi connectivity index (χ3n) is 3.48. The number of benzene rings is 2. The summed E-state index contributed by atoms with van der Waals surface area (Å²) in [6, 6.07) is 21.3. The molecule has 0 aliphatic carbocycles. The number of halogens is 1. The van der Waals surface area contributed by atoms with Gasteiger partial charge in [-0.3, -0.25) is 0 Å². The molecule has 0 atom stereocenters. The first kappa shape index (κ1) is 16.7. The molecule has 0 aliphatic rings. The Morgan fingerprint density at radius 1 is 0.875 bits per heavy atom. The highest BCUT2D eigenvalue weighted by Crippen LogP contribution is 2.25. The van der Waals surface area contributed by atoms with Crippen molar-refractivity contribution in [1.82, 2.24) is 4.98 Å². The van der Waals surface area contributed by atoms with E-state index < -0.39 is 10.0 Å². The largest absolute Gasteiger partial charge is 0.265 e. The summed E-state index contributed by atoms with van der Waals surface area (Å²) < 4.78 is 28.4. The van der Waals surface area contributed by atoms with Crippen LogP contribution in [0.4, 0.5) is 5.82 Å². The van der Waals surface area contributed by atoms with E-state index in [0.29, 0.717) is 5.82 Å². The molecule has 0 spiro atoms. The summed E-state index contributed by atoms with van der Waals surface area (Å²) >= 11 is 3.33. The summed E-state index contributed by atoms with van der Waals surface area (Å²) in [5.41, 5.74) is 0.892. The molecule has 0 N–H and O–H groups in total. The number of hydrogen-bond acceptors (Lipinski definition) is 3. The molecule has 0 saturated carbocycles. The van der Waals surface area contributed by atoms with Crippen LogP contribution in [0.5, 0.6) is 0 Å². The fourth-order valence-corrected chi connectivity index (χ4v) is 3.95. The van der Waals surface area contributed by atoms with E-state index >= 15 is 0 Å². The summed E-state index contributed by atoms with van der Waals surface area (Å²) in [5.74, 6) is 0.393. The van der Waals surface area contributed by atoms with E-state index in [1.165, 1.54) is 4.31 Å². The first-order valence-corrected chi connectivity index (χ1v) is 9.54. The maximum absolute atomic E-state index is 13.1. The zero-order valence-electron chi connectivity index (χ0n) is 12.7. The average molecular weight is 403 g/mol. The van der Waals surface area contributed by atoms with Gasteiger partial charge in [-0.15, -0.1) is 0 Å². The minimum atomic E-state index is -3.72. The van der Waals surface area contributed by atoms with Crippen molar-refractivity contribution < 1.29 is 8.42 Å². The van der Waals surface area contributed by atoms with Gasteiger partial charge in [0.2, 0.25) is 0 Å². The van der Waals surface area contributed by atoms with Gasteiger partial charge >= 0.3 is 0 Å². The second kappa shape index (κ2) is 7.15. The summed E-state index contributed by atoms with van der Waals surface area (Å²) in [7, 11) is -3.72. The summed E-state index contributed by atoms with van der Waals surface area (Å²) in [6.07, 6.45) is 1.59. The zero-order chi connectivity index (χ0) is 17.0. The topological polar surface area (TPSA) is 50.3 Å². The van der Waals surface area contributed by atoms with Crippen molar-refractivity contribution in [2.24, 2.45) is 0 Å². The van der Waals surface area contributed by atoms with Crippen molar-refractivity contribution in [2.75, 3.05) is 4.31 Å². The van der Waals surface area contributed by atoms with Gasteiger partial charge in [0, 0.05) is 10.7 Å². The molecule has 3 aromatic rings. The monoisotopic (exact) mass is 402 g/mol. The fourth-order valence-electron chi connectivity index (χ4n) is 2.27. The number of rotatable bonds is 5. The van der Waals surface area contributed by atoms with Gasteiger partial charge in [-0.05, 0) is 42.0 Å². The predicted molar refractivity (Wildman–Crippen MR) is 98.2 cm³/mol. The van der Waals surface area contributed by atoms with Gasteiger partial charge in [-0.1, -0.05) is 52.3 Å². The van der Waals surface area contributed by atoms with Crippen molar-refractivity contribution in [1.29, 1.82) is 0 Å². The molecule has 2 aromatic carbocycles. The van der Waals surface area contributed by atoms with E-state index in [2.05, 4.69) is 20.9 Å². The molecule has 122 valence electrons. The highest BCUT2D eigenvalue weighted by atomic mass is 79.9. The second-order valence-corrected chi connectivity index (χ2v) is 7.92. The van der Waals surface area contributed by atoms with E-state index in [1.807, 2.05) is 30.3 Å². The van der Waals surface area contributed by atoms with Crippen LogP contribution >= 0.6 is 15.9 Å². The molecule has 3 rings (SSSR count). The predicted octanol–water partition coefficient (Wildman–Crippen LogP) is 4.24. The van der Waals surface area contributed by atoms with E-state index in [4.69, 9.17) is 0 Å². The highest BCUT2D eigenvalue weighted by Gasteiger charge is 2.26. The van der Waals surface area contributed by atoms with Crippen molar-refractivity contribution >= 4 is 31.8 Å². The van der Waals surface area contributed by atoms with E-state index in [-0.39, 0.29) is 11.4 Å². The lowest BCUT2D eigenvalue weighted by molar-refractivity contribution is 0.590. The molecule has 0 unspecified atom stereocenters. The van der Waals surface area contributed by atoms with E-state index in [9.17, 15) is 8.42 Å².